The number of halogens is 2. The lowest BCUT2D eigenvalue weighted by molar-refractivity contribution is 0.0682. The summed E-state index contributed by atoms with van der Waals surface area (Å²) in [5.41, 5.74) is 1.38. The second-order valence-corrected chi connectivity index (χ2v) is 7.23. The van der Waals surface area contributed by atoms with Crippen molar-refractivity contribution in [2.75, 3.05) is 13.1 Å². The average molecular weight is 379 g/mol. The van der Waals surface area contributed by atoms with E-state index < -0.39 is 0 Å². The summed E-state index contributed by atoms with van der Waals surface area (Å²) in [6, 6.07) is 7.02. The van der Waals surface area contributed by atoms with E-state index in [1.165, 1.54) is 6.42 Å². The standard InChI is InChI=1S/C19H20Cl2N2O2/c1-13-4-3-7-23(11-13)19(24)15-8-14(9-22-10-15)12-25-18-16(20)5-2-6-17(18)21/h2,5-6,8-10,13H,3-4,7,11-12H2,1H3. The molecule has 1 fully saturated rings. The molecule has 2 aromatic rings. The highest BCUT2D eigenvalue weighted by atomic mass is 35.5. The third kappa shape index (κ3) is 4.44. The molecule has 1 unspecified atom stereocenters. The Hall–Kier alpha value is -1.78. The summed E-state index contributed by atoms with van der Waals surface area (Å²) < 4.78 is 5.72. The van der Waals surface area contributed by atoms with Crippen LogP contribution in [0.5, 0.6) is 5.75 Å². The maximum Gasteiger partial charge on any atom is 0.255 e. The fourth-order valence-electron chi connectivity index (χ4n) is 3.02. The van der Waals surface area contributed by atoms with Crippen LogP contribution in [0.4, 0.5) is 0 Å². The van der Waals surface area contributed by atoms with Gasteiger partial charge in [-0.25, -0.2) is 0 Å². The first-order chi connectivity index (χ1) is 12.0. The number of aromatic nitrogens is 1. The minimum Gasteiger partial charge on any atom is -0.486 e. The molecule has 1 amide bonds. The van der Waals surface area contributed by atoms with Crippen molar-refractivity contribution in [1.82, 2.24) is 9.88 Å². The van der Waals surface area contributed by atoms with E-state index in [2.05, 4.69) is 11.9 Å². The zero-order chi connectivity index (χ0) is 17.8. The molecule has 3 rings (SSSR count). The predicted molar refractivity (Wildman–Crippen MR) is 99.3 cm³/mol. The lowest BCUT2D eigenvalue weighted by Gasteiger charge is -2.31. The van der Waals surface area contributed by atoms with Gasteiger partial charge in [0.25, 0.3) is 5.91 Å². The monoisotopic (exact) mass is 378 g/mol. The lowest BCUT2D eigenvalue weighted by atomic mass is 9.99. The minimum atomic E-state index is 0.0247. The van der Waals surface area contributed by atoms with Crippen LogP contribution < -0.4 is 4.74 Å². The van der Waals surface area contributed by atoms with Crippen molar-refractivity contribution in [2.24, 2.45) is 5.92 Å². The topological polar surface area (TPSA) is 42.4 Å². The number of para-hydroxylation sites is 1. The molecule has 0 saturated carbocycles. The van der Waals surface area contributed by atoms with Crippen molar-refractivity contribution in [3.8, 4) is 5.75 Å². The molecule has 25 heavy (non-hydrogen) atoms. The van der Waals surface area contributed by atoms with E-state index in [4.69, 9.17) is 27.9 Å². The van der Waals surface area contributed by atoms with Crippen LogP contribution in [0.1, 0.15) is 35.7 Å². The summed E-state index contributed by atoms with van der Waals surface area (Å²) in [6.07, 6.45) is 5.51. The molecule has 0 N–H and O–H groups in total. The lowest BCUT2D eigenvalue weighted by Crippen LogP contribution is -2.39. The smallest absolute Gasteiger partial charge is 0.255 e. The normalized spacial score (nSPS) is 17.4. The molecular weight excluding hydrogens is 359 g/mol. The van der Waals surface area contributed by atoms with Gasteiger partial charge in [-0.2, -0.15) is 0 Å². The summed E-state index contributed by atoms with van der Waals surface area (Å²) in [5, 5.41) is 0.907. The van der Waals surface area contributed by atoms with Gasteiger partial charge >= 0.3 is 0 Å². The molecule has 0 bridgehead atoms. The Balaban J connectivity index is 1.70. The van der Waals surface area contributed by atoms with Crippen LogP contribution in [0, 0.1) is 5.92 Å². The van der Waals surface area contributed by atoms with E-state index in [0.717, 1.165) is 25.1 Å². The SMILES string of the molecule is CC1CCCN(C(=O)c2cncc(COc3c(Cl)cccc3Cl)c2)C1. The number of carbonyl (C=O) groups is 1. The molecule has 1 aliphatic rings. The Morgan fingerprint density at radius 3 is 2.80 bits per heavy atom. The number of benzene rings is 1. The van der Waals surface area contributed by atoms with E-state index in [9.17, 15) is 4.79 Å². The highest BCUT2D eigenvalue weighted by molar-refractivity contribution is 6.37. The van der Waals surface area contributed by atoms with Crippen LogP contribution in [0.3, 0.4) is 0 Å². The number of hydrogen-bond donors (Lipinski definition) is 0. The van der Waals surface area contributed by atoms with Gasteiger partial charge in [0.1, 0.15) is 6.61 Å². The van der Waals surface area contributed by atoms with E-state index in [0.29, 0.717) is 27.3 Å². The Bertz CT molecular complexity index is 747. The second-order valence-electron chi connectivity index (χ2n) is 6.42. The van der Waals surface area contributed by atoms with Crippen molar-refractivity contribution in [3.63, 3.8) is 0 Å². The first kappa shape index (κ1) is 18.0. The van der Waals surface area contributed by atoms with Gasteiger partial charge in [-0.1, -0.05) is 36.2 Å². The van der Waals surface area contributed by atoms with Gasteiger partial charge in [-0.3, -0.25) is 9.78 Å². The molecule has 0 radical (unpaired) electrons. The summed E-state index contributed by atoms with van der Waals surface area (Å²) in [7, 11) is 0. The molecule has 0 spiro atoms. The first-order valence-electron chi connectivity index (χ1n) is 8.34. The quantitative estimate of drug-likeness (QED) is 0.764. The van der Waals surface area contributed by atoms with Gasteiger partial charge < -0.3 is 9.64 Å². The molecule has 4 nitrogen and oxygen atoms in total. The number of hydrogen-bond acceptors (Lipinski definition) is 3. The van der Waals surface area contributed by atoms with Crippen molar-refractivity contribution >= 4 is 29.1 Å². The summed E-state index contributed by atoms with van der Waals surface area (Å²) >= 11 is 12.2. The van der Waals surface area contributed by atoms with Crippen molar-refractivity contribution in [3.05, 3.63) is 57.8 Å². The number of likely N-dealkylation sites (tertiary alicyclic amines) is 1. The number of nitrogens with zero attached hydrogens (tertiary/aromatic N) is 2. The Kier molecular flexibility index (Phi) is 5.82. The fourth-order valence-corrected chi connectivity index (χ4v) is 3.52. The van der Waals surface area contributed by atoms with E-state index in [1.54, 1.807) is 30.6 Å². The Morgan fingerprint density at radius 1 is 1.32 bits per heavy atom. The Morgan fingerprint density at radius 2 is 2.08 bits per heavy atom. The summed E-state index contributed by atoms with van der Waals surface area (Å²) in [6.45, 7) is 4.02. The van der Waals surface area contributed by atoms with Crippen molar-refractivity contribution in [2.45, 2.75) is 26.4 Å². The molecule has 0 aliphatic carbocycles. The fraction of sp³-hybridized carbons (Fsp3) is 0.368. The first-order valence-corrected chi connectivity index (χ1v) is 9.10. The van der Waals surface area contributed by atoms with Crippen LogP contribution in [-0.2, 0) is 6.61 Å². The number of rotatable bonds is 4. The van der Waals surface area contributed by atoms with Gasteiger partial charge in [0.15, 0.2) is 5.75 Å². The molecule has 1 aromatic carbocycles. The third-order valence-corrected chi connectivity index (χ3v) is 4.88. The number of piperidine rings is 1. The molecule has 6 heteroatoms. The van der Waals surface area contributed by atoms with Crippen molar-refractivity contribution < 1.29 is 9.53 Å². The van der Waals surface area contributed by atoms with Gasteiger partial charge in [0.05, 0.1) is 15.6 Å². The third-order valence-electron chi connectivity index (χ3n) is 4.29. The maximum absolute atomic E-state index is 12.7. The predicted octanol–water partition coefficient (Wildman–Crippen LogP) is 4.84. The molecule has 132 valence electrons. The van der Waals surface area contributed by atoms with Crippen LogP contribution >= 0.6 is 23.2 Å². The van der Waals surface area contributed by atoms with Crippen LogP contribution in [0.15, 0.2) is 36.7 Å². The van der Waals surface area contributed by atoms with Gasteiger partial charge in [0.2, 0.25) is 0 Å². The molecule has 2 heterocycles. The van der Waals surface area contributed by atoms with Gasteiger partial charge in [0, 0.05) is 31.0 Å². The Labute approximate surface area is 157 Å². The zero-order valence-electron chi connectivity index (χ0n) is 14.0. The summed E-state index contributed by atoms with van der Waals surface area (Å²) in [4.78, 5) is 18.8. The average Bonchev–Trinajstić information content (AvgIpc) is 2.61. The highest BCUT2D eigenvalue weighted by Gasteiger charge is 2.22. The van der Waals surface area contributed by atoms with E-state index in [-0.39, 0.29) is 12.5 Å². The van der Waals surface area contributed by atoms with E-state index in [1.807, 2.05) is 11.0 Å². The second kappa shape index (κ2) is 8.07. The van der Waals surface area contributed by atoms with Crippen LogP contribution in [-0.4, -0.2) is 28.9 Å². The van der Waals surface area contributed by atoms with Gasteiger partial charge in [-0.15, -0.1) is 0 Å². The number of amides is 1. The number of pyridine rings is 1. The largest absolute Gasteiger partial charge is 0.486 e. The molecular formula is C19H20Cl2N2O2. The van der Waals surface area contributed by atoms with E-state index >= 15 is 0 Å². The number of ether oxygens (including phenoxy) is 1. The van der Waals surface area contributed by atoms with Crippen LogP contribution in [0.2, 0.25) is 10.0 Å². The molecule has 1 saturated heterocycles. The number of carbonyl (C=O) groups excluding carboxylic acids is 1. The molecule has 1 aliphatic heterocycles. The van der Waals surface area contributed by atoms with Gasteiger partial charge in [-0.05, 0) is 37.0 Å². The minimum absolute atomic E-state index is 0.0247. The zero-order valence-corrected chi connectivity index (χ0v) is 15.6. The maximum atomic E-state index is 12.7. The molecule has 1 aromatic heterocycles. The van der Waals surface area contributed by atoms with Crippen LogP contribution in [0.25, 0.3) is 0 Å². The molecule has 1 atom stereocenters. The highest BCUT2D eigenvalue weighted by Crippen LogP contribution is 2.32. The van der Waals surface area contributed by atoms with Crippen molar-refractivity contribution in [1.29, 1.82) is 0 Å². The summed E-state index contributed by atoms with van der Waals surface area (Å²) in [5.74, 6) is 1.00.